The molecule has 0 amide bonds. The molecule has 0 atom stereocenters. The lowest BCUT2D eigenvalue weighted by atomic mass is 9.85. The number of rotatable bonds is 10. The van der Waals surface area contributed by atoms with Crippen molar-refractivity contribution in [1.29, 1.82) is 0 Å². The highest BCUT2D eigenvalue weighted by Crippen LogP contribution is 2.46. The summed E-state index contributed by atoms with van der Waals surface area (Å²) in [5.41, 5.74) is 13.8. The Morgan fingerprint density at radius 1 is 0.267 bits per heavy atom. The van der Waals surface area contributed by atoms with Crippen molar-refractivity contribution in [2.24, 2.45) is 0 Å². The molecule has 0 unspecified atom stereocenters. The summed E-state index contributed by atoms with van der Waals surface area (Å²) in [4.78, 5) is 8.93. The summed E-state index contributed by atoms with van der Waals surface area (Å²) >= 11 is 0. The van der Waals surface area contributed by atoms with E-state index < -0.39 is 0 Å². The average molecular weight is 775 g/mol. The minimum absolute atomic E-state index is 1.11. The second kappa shape index (κ2) is 15.3. The van der Waals surface area contributed by atoms with Gasteiger partial charge in [0.2, 0.25) is 0 Å². The molecule has 10 aromatic carbocycles. The predicted molar refractivity (Wildman–Crippen MR) is 259 cm³/mol. The first-order chi connectivity index (χ1) is 29.4. The molecular weight excluding hydrogens is 729 g/mol. The molecule has 0 aliphatic carbocycles. The summed E-state index contributed by atoms with van der Waals surface area (Å²) in [6.07, 6.45) is 0. The van der Waals surface area contributed by atoms with Gasteiger partial charge in [-0.2, -0.15) is 0 Å². The molecule has 4 nitrogen and oxygen atoms in total. The van der Waals surface area contributed by atoms with E-state index >= 15 is 0 Å². The Morgan fingerprint density at radius 2 is 0.600 bits per heavy atom. The van der Waals surface area contributed by atoms with Gasteiger partial charge >= 0.3 is 0 Å². The first-order valence-corrected chi connectivity index (χ1v) is 20.6. The average Bonchev–Trinajstić information content (AvgIpc) is 3.30. The second-order valence-electron chi connectivity index (χ2n) is 15.9. The summed E-state index contributed by atoms with van der Waals surface area (Å²) < 4.78 is 0. The van der Waals surface area contributed by atoms with E-state index in [4.69, 9.17) is 0 Å². The lowest BCUT2D eigenvalue weighted by Crippen LogP contribution is -2.11. The topological polar surface area (TPSA) is 13.0 Å². The number of benzene rings is 10. The second-order valence-corrected chi connectivity index (χ2v) is 15.9. The zero-order valence-corrected chi connectivity index (χ0v) is 34.4. The SMILES string of the molecule is CN(C)c1ccc(N(c2ccccc2)c2ccc(-c3cc(-c4ccc(N(c5ccccc5)c5ccc(N(C)C)cc5)cc4)c4ccc5cccc6ccc3c4c65)cc2)cc1. The van der Waals surface area contributed by atoms with Crippen LogP contribution in [0.25, 0.3) is 54.6 Å². The molecule has 0 aromatic heterocycles. The summed E-state index contributed by atoms with van der Waals surface area (Å²) in [5.74, 6) is 0. The molecule has 10 rings (SSSR count). The maximum absolute atomic E-state index is 2.41. The van der Waals surface area contributed by atoms with Gasteiger partial charge < -0.3 is 19.6 Å². The van der Waals surface area contributed by atoms with E-state index in [1.807, 2.05) is 0 Å². The molecular formula is C56H46N4. The van der Waals surface area contributed by atoms with Crippen LogP contribution < -0.4 is 19.6 Å². The van der Waals surface area contributed by atoms with Gasteiger partial charge in [0.05, 0.1) is 0 Å². The van der Waals surface area contributed by atoms with Crippen molar-refractivity contribution in [2.75, 3.05) is 47.8 Å². The van der Waals surface area contributed by atoms with Gasteiger partial charge in [0, 0.05) is 73.7 Å². The van der Waals surface area contributed by atoms with Crippen molar-refractivity contribution in [3.05, 3.63) is 206 Å². The van der Waals surface area contributed by atoms with E-state index in [1.165, 1.54) is 65.9 Å². The predicted octanol–water partition coefficient (Wildman–Crippen LogP) is 15.0. The van der Waals surface area contributed by atoms with Crippen molar-refractivity contribution < 1.29 is 0 Å². The van der Waals surface area contributed by atoms with Crippen LogP contribution in [0.15, 0.2) is 206 Å². The van der Waals surface area contributed by atoms with Gasteiger partial charge in [0.15, 0.2) is 0 Å². The zero-order chi connectivity index (χ0) is 40.7. The molecule has 0 bridgehead atoms. The maximum atomic E-state index is 2.41. The minimum Gasteiger partial charge on any atom is -0.378 e. The monoisotopic (exact) mass is 774 g/mol. The Bertz CT molecular complexity index is 2840. The van der Waals surface area contributed by atoms with E-state index in [2.05, 4.69) is 254 Å². The normalized spacial score (nSPS) is 11.3. The maximum Gasteiger partial charge on any atom is 0.0463 e. The van der Waals surface area contributed by atoms with Crippen molar-refractivity contribution in [3.8, 4) is 22.3 Å². The Kier molecular flexibility index (Phi) is 9.38. The van der Waals surface area contributed by atoms with Crippen molar-refractivity contribution in [1.82, 2.24) is 0 Å². The fraction of sp³-hybridized carbons (Fsp3) is 0.0714. The van der Waals surface area contributed by atoms with Crippen molar-refractivity contribution in [3.63, 3.8) is 0 Å². The lowest BCUT2D eigenvalue weighted by molar-refractivity contribution is 1.13. The third kappa shape index (κ3) is 6.62. The number of nitrogens with zero attached hydrogens (tertiary/aromatic N) is 4. The van der Waals surface area contributed by atoms with Crippen molar-refractivity contribution >= 4 is 77.8 Å². The van der Waals surface area contributed by atoms with E-state index in [-0.39, 0.29) is 0 Å². The molecule has 0 radical (unpaired) electrons. The van der Waals surface area contributed by atoms with Crippen LogP contribution in [0, 0.1) is 0 Å². The van der Waals surface area contributed by atoms with Crippen LogP contribution in [0.5, 0.6) is 0 Å². The number of hydrogen-bond acceptors (Lipinski definition) is 4. The molecule has 0 saturated heterocycles. The van der Waals surface area contributed by atoms with Gasteiger partial charge in [-0.05, 0) is 158 Å². The highest BCUT2D eigenvalue weighted by Gasteiger charge is 2.19. The van der Waals surface area contributed by atoms with Gasteiger partial charge in [-0.25, -0.2) is 0 Å². The van der Waals surface area contributed by atoms with Crippen LogP contribution >= 0.6 is 0 Å². The van der Waals surface area contributed by atoms with Crippen LogP contribution in [0.2, 0.25) is 0 Å². The molecule has 0 aliphatic heterocycles. The van der Waals surface area contributed by atoms with Gasteiger partial charge in [0.1, 0.15) is 0 Å². The first kappa shape index (κ1) is 36.8. The molecule has 0 spiro atoms. The quantitative estimate of drug-likeness (QED) is 0.128. The third-order valence-corrected chi connectivity index (χ3v) is 11.8. The number of hydrogen-bond donors (Lipinski definition) is 0. The van der Waals surface area contributed by atoms with Crippen LogP contribution in [0.1, 0.15) is 0 Å². The largest absolute Gasteiger partial charge is 0.378 e. The van der Waals surface area contributed by atoms with E-state index in [1.54, 1.807) is 0 Å². The van der Waals surface area contributed by atoms with Crippen molar-refractivity contribution in [2.45, 2.75) is 0 Å². The van der Waals surface area contributed by atoms with Gasteiger partial charge in [-0.3, -0.25) is 0 Å². The van der Waals surface area contributed by atoms with E-state index in [9.17, 15) is 0 Å². The van der Waals surface area contributed by atoms with Crippen LogP contribution in [-0.4, -0.2) is 28.2 Å². The molecule has 60 heavy (non-hydrogen) atoms. The summed E-state index contributed by atoms with van der Waals surface area (Å²) in [5, 5.41) is 7.67. The molecule has 10 aromatic rings. The summed E-state index contributed by atoms with van der Waals surface area (Å²) in [7, 11) is 8.31. The molecule has 0 fully saturated rings. The fourth-order valence-electron chi connectivity index (χ4n) is 8.74. The van der Waals surface area contributed by atoms with Crippen LogP contribution in [0.3, 0.4) is 0 Å². The Balaban J connectivity index is 1.10. The zero-order valence-electron chi connectivity index (χ0n) is 34.4. The molecule has 0 saturated carbocycles. The van der Waals surface area contributed by atoms with Gasteiger partial charge in [0.25, 0.3) is 0 Å². The Morgan fingerprint density at radius 3 is 0.967 bits per heavy atom. The number of anilines is 8. The smallest absolute Gasteiger partial charge is 0.0463 e. The standard InChI is InChI=1S/C56H46N4/c1-57(2)43-28-32-49(33-29-43)59(45-14-7-5-8-15-45)47-24-18-39(19-25-47)53-38-54(52-37-23-42-13-11-12-41-22-36-51(53)56(52)55(41)42)40-20-26-48(27-21-40)60(46-16-9-6-10-17-46)50-34-30-44(31-35-50)58(3)4/h5-38H,1-4H3. The van der Waals surface area contributed by atoms with Gasteiger partial charge in [-0.1, -0.05) is 103 Å². The highest BCUT2D eigenvalue weighted by molar-refractivity contribution is 6.28. The third-order valence-electron chi connectivity index (χ3n) is 11.8. The summed E-state index contributed by atoms with van der Waals surface area (Å²) in [6, 6.07) is 75.3. The molecule has 290 valence electrons. The molecule has 0 aliphatic rings. The van der Waals surface area contributed by atoms with Gasteiger partial charge in [-0.15, -0.1) is 0 Å². The van der Waals surface area contributed by atoms with Crippen LogP contribution in [0.4, 0.5) is 45.5 Å². The van der Waals surface area contributed by atoms with Crippen LogP contribution in [-0.2, 0) is 0 Å². The molecule has 0 N–H and O–H groups in total. The highest BCUT2D eigenvalue weighted by atomic mass is 15.1. The summed E-state index contributed by atoms with van der Waals surface area (Å²) in [6.45, 7) is 0. The Hall–Kier alpha value is -7.56. The molecule has 4 heteroatoms. The number of para-hydroxylation sites is 2. The van der Waals surface area contributed by atoms with E-state index in [0.717, 1.165) is 34.1 Å². The lowest BCUT2D eigenvalue weighted by Gasteiger charge is -2.26. The minimum atomic E-state index is 1.11. The fourth-order valence-corrected chi connectivity index (χ4v) is 8.74. The first-order valence-electron chi connectivity index (χ1n) is 20.6. The molecule has 0 heterocycles. The Labute approximate surface area is 352 Å². The van der Waals surface area contributed by atoms with E-state index in [0.29, 0.717) is 0 Å².